The summed E-state index contributed by atoms with van der Waals surface area (Å²) in [4.78, 5) is 36.4. The maximum atomic E-state index is 13.7. The average Bonchev–Trinajstić information content (AvgIpc) is 2.67. The van der Waals surface area contributed by atoms with E-state index in [1.165, 1.54) is 12.1 Å². The van der Waals surface area contributed by atoms with E-state index in [4.69, 9.17) is 11.6 Å². The number of benzene rings is 1. The first-order chi connectivity index (χ1) is 12.6. The number of rotatable bonds is 4. The lowest BCUT2D eigenvalue weighted by Gasteiger charge is -2.34. The number of nitrogens with one attached hydrogen (secondary N) is 1. The molecule has 2 aromatic rings. The van der Waals surface area contributed by atoms with Crippen LogP contribution in [-0.2, 0) is 4.79 Å². The molecule has 0 spiro atoms. The zero-order chi connectivity index (χ0) is 18.5. The number of hydrogen-bond acceptors (Lipinski definition) is 5. The second-order valence-corrected chi connectivity index (χ2v) is 6.10. The van der Waals surface area contributed by atoms with Gasteiger partial charge in [0.1, 0.15) is 5.82 Å². The van der Waals surface area contributed by atoms with Gasteiger partial charge in [-0.3, -0.25) is 9.59 Å². The van der Waals surface area contributed by atoms with E-state index in [1.54, 1.807) is 23.4 Å². The molecule has 2 amide bonds. The minimum atomic E-state index is -0.723. The van der Waals surface area contributed by atoms with E-state index in [2.05, 4.69) is 15.3 Å². The lowest BCUT2D eigenvalue weighted by atomic mass is 10.2. The van der Waals surface area contributed by atoms with Gasteiger partial charge in [-0.15, -0.1) is 0 Å². The lowest BCUT2D eigenvalue weighted by Crippen LogP contribution is -2.51. The molecule has 1 N–H and O–H groups in total. The van der Waals surface area contributed by atoms with E-state index < -0.39 is 11.7 Å². The van der Waals surface area contributed by atoms with Crippen LogP contribution in [0.3, 0.4) is 0 Å². The first-order valence-corrected chi connectivity index (χ1v) is 8.46. The Hall–Kier alpha value is -2.74. The molecule has 0 bridgehead atoms. The standard InChI is InChI=1S/C17H17ClFN5O2/c18-12-3-1-4-13(19)15(12)16(26)22-11-14(25)23-7-9-24(10-8-23)17-20-5-2-6-21-17/h1-6H,7-11H2,(H,22,26). The molecule has 2 heterocycles. The Morgan fingerprint density at radius 2 is 1.81 bits per heavy atom. The van der Waals surface area contributed by atoms with Crippen molar-refractivity contribution in [3.63, 3.8) is 0 Å². The Bertz CT molecular complexity index is 777. The quantitative estimate of drug-likeness (QED) is 0.870. The zero-order valence-electron chi connectivity index (χ0n) is 13.9. The molecular formula is C17H17ClFN5O2. The summed E-state index contributed by atoms with van der Waals surface area (Å²) in [5, 5.41) is 2.43. The topological polar surface area (TPSA) is 78.4 Å². The van der Waals surface area contributed by atoms with Gasteiger partial charge in [0.05, 0.1) is 17.1 Å². The van der Waals surface area contributed by atoms with Gasteiger partial charge in [-0.2, -0.15) is 0 Å². The molecule has 7 nitrogen and oxygen atoms in total. The summed E-state index contributed by atoms with van der Waals surface area (Å²) < 4.78 is 13.7. The molecule has 136 valence electrons. The number of anilines is 1. The van der Waals surface area contributed by atoms with E-state index in [0.29, 0.717) is 32.1 Å². The highest BCUT2D eigenvalue weighted by atomic mass is 35.5. The average molecular weight is 378 g/mol. The van der Waals surface area contributed by atoms with Crippen molar-refractivity contribution in [2.45, 2.75) is 0 Å². The van der Waals surface area contributed by atoms with Crippen LogP contribution in [0.15, 0.2) is 36.7 Å². The van der Waals surface area contributed by atoms with Gasteiger partial charge >= 0.3 is 0 Å². The van der Waals surface area contributed by atoms with Gasteiger partial charge in [0, 0.05) is 38.6 Å². The van der Waals surface area contributed by atoms with Gasteiger partial charge in [-0.05, 0) is 18.2 Å². The number of hydrogen-bond donors (Lipinski definition) is 1. The SMILES string of the molecule is O=C(NCC(=O)N1CCN(c2ncccn2)CC1)c1c(F)cccc1Cl. The van der Waals surface area contributed by atoms with Gasteiger partial charge in [-0.25, -0.2) is 14.4 Å². The van der Waals surface area contributed by atoms with Crippen molar-refractivity contribution in [2.75, 3.05) is 37.6 Å². The first kappa shape index (κ1) is 18.1. The summed E-state index contributed by atoms with van der Waals surface area (Å²) in [5.74, 6) is -1.04. The maximum absolute atomic E-state index is 13.7. The summed E-state index contributed by atoms with van der Waals surface area (Å²) in [6.45, 7) is 1.97. The maximum Gasteiger partial charge on any atom is 0.256 e. The van der Waals surface area contributed by atoms with Gasteiger partial charge in [-0.1, -0.05) is 17.7 Å². The van der Waals surface area contributed by atoms with Crippen molar-refractivity contribution in [3.05, 3.63) is 53.1 Å². The second-order valence-electron chi connectivity index (χ2n) is 5.70. The van der Waals surface area contributed by atoms with Crippen molar-refractivity contribution in [3.8, 4) is 0 Å². The molecule has 1 saturated heterocycles. The molecule has 0 saturated carbocycles. The molecule has 0 aliphatic carbocycles. The smallest absolute Gasteiger partial charge is 0.256 e. The molecule has 1 fully saturated rings. The fourth-order valence-corrected chi connectivity index (χ4v) is 2.93. The summed E-state index contributed by atoms with van der Waals surface area (Å²) in [6.07, 6.45) is 3.34. The summed E-state index contributed by atoms with van der Waals surface area (Å²) in [5.41, 5.74) is -0.256. The van der Waals surface area contributed by atoms with Crippen molar-refractivity contribution in [1.82, 2.24) is 20.2 Å². The Labute approximate surface area is 154 Å². The van der Waals surface area contributed by atoms with Gasteiger partial charge in [0.15, 0.2) is 0 Å². The molecule has 3 rings (SSSR count). The Balaban J connectivity index is 1.51. The van der Waals surface area contributed by atoms with Crippen LogP contribution in [0.25, 0.3) is 0 Å². The molecule has 0 radical (unpaired) electrons. The molecule has 9 heteroatoms. The van der Waals surface area contributed by atoms with Crippen LogP contribution in [0.1, 0.15) is 10.4 Å². The summed E-state index contributed by atoms with van der Waals surface area (Å²) >= 11 is 5.85. The Morgan fingerprint density at radius 3 is 2.46 bits per heavy atom. The Morgan fingerprint density at radius 1 is 1.12 bits per heavy atom. The molecule has 1 aliphatic heterocycles. The number of aromatic nitrogens is 2. The number of carbonyl (C=O) groups excluding carboxylic acids is 2. The van der Waals surface area contributed by atoms with Crippen LogP contribution in [0.4, 0.5) is 10.3 Å². The number of piperazine rings is 1. The van der Waals surface area contributed by atoms with E-state index in [9.17, 15) is 14.0 Å². The molecule has 26 heavy (non-hydrogen) atoms. The van der Waals surface area contributed by atoms with Crippen LogP contribution in [0.5, 0.6) is 0 Å². The molecule has 1 aromatic carbocycles. The fourth-order valence-electron chi connectivity index (χ4n) is 2.68. The van der Waals surface area contributed by atoms with Gasteiger partial charge in [0.2, 0.25) is 11.9 Å². The van der Waals surface area contributed by atoms with E-state index >= 15 is 0 Å². The monoisotopic (exact) mass is 377 g/mol. The highest BCUT2D eigenvalue weighted by molar-refractivity contribution is 6.33. The van der Waals surface area contributed by atoms with Crippen molar-refractivity contribution in [2.24, 2.45) is 0 Å². The zero-order valence-corrected chi connectivity index (χ0v) is 14.6. The minimum absolute atomic E-state index is 0.00595. The highest BCUT2D eigenvalue weighted by Crippen LogP contribution is 2.18. The molecule has 0 unspecified atom stereocenters. The third-order valence-corrected chi connectivity index (χ3v) is 4.37. The molecule has 1 aliphatic rings. The third kappa shape index (κ3) is 4.08. The minimum Gasteiger partial charge on any atom is -0.343 e. The summed E-state index contributed by atoms with van der Waals surface area (Å²) in [7, 11) is 0. The largest absolute Gasteiger partial charge is 0.343 e. The van der Waals surface area contributed by atoms with Crippen molar-refractivity contribution >= 4 is 29.4 Å². The predicted octanol–water partition coefficient (Wildman–Crippen LogP) is 1.35. The van der Waals surface area contributed by atoms with Gasteiger partial charge < -0.3 is 15.1 Å². The third-order valence-electron chi connectivity index (χ3n) is 4.06. The van der Waals surface area contributed by atoms with Gasteiger partial charge in [0.25, 0.3) is 5.91 Å². The Kier molecular flexibility index (Phi) is 5.62. The molecular weight excluding hydrogens is 361 g/mol. The molecule has 1 aromatic heterocycles. The number of carbonyl (C=O) groups is 2. The number of amides is 2. The highest BCUT2D eigenvalue weighted by Gasteiger charge is 2.23. The van der Waals surface area contributed by atoms with Crippen LogP contribution >= 0.6 is 11.6 Å². The van der Waals surface area contributed by atoms with Crippen LogP contribution < -0.4 is 10.2 Å². The van der Waals surface area contributed by atoms with Crippen molar-refractivity contribution < 1.29 is 14.0 Å². The number of nitrogens with zero attached hydrogens (tertiary/aromatic N) is 4. The van der Waals surface area contributed by atoms with Crippen LogP contribution in [0, 0.1) is 5.82 Å². The summed E-state index contributed by atoms with van der Waals surface area (Å²) in [6, 6.07) is 5.73. The van der Waals surface area contributed by atoms with Crippen LogP contribution in [0.2, 0.25) is 5.02 Å². The van der Waals surface area contributed by atoms with Crippen LogP contribution in [-0.4, -0.2) is 59.4 Å². The first-order valence-electron chi connectivity index (χ1n) is 8.08. The van der Waals surface area contributed by atoms with E-state index in [1.807, 2.05) is 4.90 Å². The normalized spacial score (nSPS) is 14.2. The fraction of sp³-hybridized carbons (Fsp3) is 0.294. The van der Waals surface area contributed by atoms with E-state index in [-0.39, 0.29) is 23.0 Å². The van der Waals surface area contributed by atoms with Crippen molar-refractivity contribution in [1.29, 1.82) is 0 Å². The van der Waals surface area contributed by atoms with E-state index in [0.717, 1.165) is 6.07 Å². The predicted molar refractivity (Wildman–Crippen MR) is 94.6 cm³/mol. The second kappa shape index (κ2) is 8.09. The molecule has 0 atom stereocenters. The number of halogens is 2. The lowest BCUT2D eigenvalue weighted by molar-refractivity contribution is -0.130.